The summed E-state index contributed by atoms with van der Waals surface area (Å²) in [6.07, 6.45) is 3.56. The van der Waals surface area contributed by atoms with Gasteiger partial charge < -0.3 is 29.2 Å². The SMILES string of the molecule is O=C(NCc1ccccc1)Nc1ccc(Cn2cnc(-c3nc(-c4ccc5c(c4)OCO5)no3)c2)cc1. The Morgan fingerprint density at radius 1 is 0.946 bits per heavy atom. The molecular weight excluding hydrogens is 472 g/mol. The lowest BCUT2D eigenvalue weighted by Gasteiger charge is -2.09. The molecule has 0 aliphatic carbocycles. The maximum atomic E-state index is 12.2. The molecule has 2 amide bonds. The number of rotatable bonds is 7. The Kier molecular flexibility index (Phi) is 5.96. The summed E-state index contributed by atoms with van der Waals surface area (Å²) in [5.74, 6) is 2.12. The third kappa shape index (κ3) is 5.13. The molecule has 0 fully saturated rings. The lowest BCUT2D eigenvalue weighted by molar-refractivity contribution is 0.174. The van der Waals surface area contributed by atoms with E-state index < -0.39 is 0 Å². The van der Waals surface area contributed by atoms with Crippen LogP contribution in [0.3, 0.4) is 0 Å². The fourth-order valence-corrected chi connectivity index (χ4v) is 3.90. The van der Waals surface area contributed by atoms with E-state index in [9.17, 15) is 4.79 Å². The van der Waals surface area contributed by atoms with Crippen LogP contribution in [0, 0.1) is 0 Å². The first-order valence-electron chi connectivity index (χ1n) is 11.6. The fourth-order valence-electron chi connectivity index (χ4n) is 3.90. The van der Waals surface area contributed by atoms with Crippen molar-refractivity contribution in [1.29, 1.82) is 0 Å². The molecule has 10 heteroatoms. The van der Waals surface area contributed by atoms with E-state index in [1.54, 1.807) is 6.33 Å². The summed E-state index contributed by atoms with van der Waals surface area (Å²) in [5, 5.41) is 9.77. The Morgan fingerprint density at radius 2 is 1.78 bits per heavy atom. The van der Waals surface area contributed by atoms with E-state index in [4.69, 9.17) is 14.0 Å². The number of nitrogens with one attached hydrogen (secondary N) is 2. The number of amides is 2. The predicted molar refractivity (Wildman–Crippen MR) is 135 cm³/mol. The Hall–Kier alpha value is -5.12. The number of benzene rings is 3. The number of aromatic nitrogens is 4. The van der Waals surface area contributed by atoms with Gasteiger partial charge in [0.05, 0.1) is 6.33 Å². The summed E-state index contributed by atoms with van der Waals surface area (Å²) in [5.41, 5.74) is 4.14. The number of ether oxygens (including phenoxy) is 2. The maximum Gasteiger partial charge on any atom is 0.319 e. The van der Waals surface area contributed by atoms with E-state index in [1.807, 2.05) is 83.6 Å². The van der Waals surface area contributed by atoms with Crippen LogP contribution in [-0.2, 0) is 13.1 Å². The van der Waals surface area contributed by atoms with Crippen molar-refractivity contribution in [3.8, 4) is 34.5 Å². The summed E-state index contributed by atoms with van der Waals surface area (Å²) in [6, 6.07) is 22.6. The van der Waals surface area contributed by atoms with Gasteiger partial charge in [-0.2, -0.15) is 4.98 Å². The van der Waals surface area contributed by atoms with E-state index in [1.165, 1.54) is 0 Å². The molecule has 1 aliphatic heterocycles. The lowest BCUT2D eigenvalue weighted by atomic mass is 10.2. The third-order valence-corrected chi connectivity index (χ3v) is 5.78. The second-order valence-corrected chi connectivity index (χ2v) is 8.41. The smallest absolute Gasteiger partial charge is 0.319 e. The molecule has 0 saturated heterocycles. The largest absolute Gasteiger partial charge is 0.454 e. The highest BCUT2D eigenvalue weighted by molar-refractivity contribution is 5.89. The first-order chi connectivity index (χ1) is 18.2. The Bertz CT molecular complexity index is 1530. The highest BCUT2D eigenvalue weighted by Crippen LogP contribution is 2.35. The normalized spacial score (nSPS) is 11.9. The molecule has 0 radical (unpaired) electrons. The van der Waals surface area contributed by atoms with Crippen LogP contribution in [-0.4, -0.2) is 32.5 Å². The number of imidazole rings is 1. The zero-order valence-electron chi connectivity index (χ0n) is 19.6. The molecule has 6 rings (SSSR count). The van der Waals surface area contributed by atoms with Crippen LogP contribution in [0.5, 0.6) is 11.5 Å². The van der Waals surface area contributed by atoms with Crippen molar-refractivity contribution in [1.82, 2.24) is 25.0 Å². The number of nitrogens with zero attached hydrogens (tertiary/aromatic N) is 4. The Balaban J connectivity index is 1.05. The Morgan fingerprint density at radius 3 is 2.65 bits per heavy atom. The summed E-state index contributed by atoms with van der Waals surface area (Å²) >= 11 is 0. The van der Waals surface area contributed by atoms with Gasteiger partial charge in [0.1, 0.15) is 5.69 Å². The quantitative estimate of drug-likeness (QED) is 0.337. The molecule has 5 aromatic rings. The Labute approximate surface area is 211 Å². The van der Waals surface area contributed by atoms with Gasteiger partial charge in [-0.1, -0.05) is 47.6 Å². The van der Waals surface area contributed by atoms with E-state index in [0.29, 0.717) is 47.7 Å². The molecule has 37 heavy (non-hydrogen) atoms. The molecule has 0 atom stereocenters. The minimum atomic E-state index is -0.254. The van der Waals surface area contributed by atoms with Crippen LogP contribution in [0.1, 0.15) is 11.1 Å². The maximum absolute atomic E-state index is 12.2. The first kappa shape index (κ1) is 22.4. The number of urea groups is 1. The number of carbonyl (C=O) groups excluding carboxylic acids is 1. The second-order valence-electron chi connectivity index (χ2n) is 8.41. The molecule has 1 aliphatic rings. The van der Waals surface area contributed by atoms with Gasteiger partial charge in [0.25, 0.3) is 5.89 Å². The average Bonchev–Trinajstić information content (AvgIpc) is 3.69. The van der Waals surface area contributed by atoms with Gasteiger partial charge in [0, 0.05) is 30.5 Å². The molecule has 3 aromatic carbocycles. The number of hydrogen-bond acceptors (Lipinski definition) is 7. The van der Waals surface area contributed by atoms with E-state index in [-0.39, 0.29) is 12.8 Å². The van der Waals surface area contributed by atoms with Gasteiger partial charge in [0.2, 0.25) is 12.6 Å². The van der Waals surface area contributed by atoms with Crippen LogP contribution < -0.4 is 20.1 Å². The van der Waals surface area contributed by atoms with Gasteiger partial charge >= 0.3 is 6.03 Å². The van der Waals surface area contributed by atoms with Crippen molar-refractivity contribution in [2.75, 3.05) is 12.1 Å². The van der Waals surface area contributed by atoms with Crippen molar-refractivity contribution in [3.05, 3.63) is 96.4 Å². The summed E-state index contributed by atoms with van der Waals surface area (Å²) in [7, 11) is 0. The van der Waals surface area contributed by atoms with Gasteiger partial charge in [-0.3, -0.25) is 0 Å². The molecule has 2 N–H and O–H groups in total. The number of fused-ring (bicyclic) bond motifs is 1. The topological polar surface area (TPSA) is 116 Å². The van der Waals surface area contributed by atoms with Crippen LogP contribution in [0.2, 0.25) is 0 Å². The van der Waals surface area contributed by atoms with Gasteiger partial charge in [-0.05, 0) is 41.5 Å². The number of hydrogen-bond donors (Lipinski definition) is 2. The standard InChI is InChI=1S/C27H22N6O4/c34-27(28-13-18-4-2-1-3-5-18)30-21-9-6-19(7-10-21)14-33-15-22(29-16-33)26-31-25(32-37-26)20-8-11-23-24(12-20)36-17-35-23/h1-12,15-16H,13-14,17H2,(H2,28,30,34). The summed E-state index contributed by atoms with van der Waals surface area (Å²) < 4.78 is 18.1. The van der Waals surface area contributed by atoms with Crippen molar-refractivity contribution in [3.63, 3.8) is 0 Å². The van der Waals surface area contributed by atoms with Crippen molar-refractivity contribution in [2.45, 2.75) is 13.1 Å². The monoisotopic (exact) mass is 494 g/mol. The van der Waals surface area contributed by atoms with Crippen LogP contribution in [0.25, 0.3) is 23.0 Å². The van der Waals surface area contributed by atoms with Crippen LogP contribution in [0.15, 0.2) is 89.8 Å². The molecule has 2 aromatic heterocycles. The lowest BCUT2D eigenvalue weighted by Crippen LogP contribution is -2.28. The van der Waals surface area contributed by atoms with Gasteiger partial charge in [-0.15, -0.1) is 0 Å². The molecule has 0 saturated carbocycles. The third-order valence-electron chi connectivity index (χ3n) is 5.78. The van der Waals surface area contributed by atoms with Crippen molar-refractivity contribution in [2.24, 2.45) is 0 Å². The molecule has 3 heterocycles. The average molecular weight is 495 g/mol. The van der Waals surface area contributed by atoms with Gasteiger partial charge in [0.15, 0.2) is 11.5 Å². The zero-order chi connectivity index (χ0) is 25.0. The van der Waals surface area contributed by atoms with E-state index >= 15 is 0 Å². The van der Waals surface area contributed by atoms with Crippen LogP contribution >= 0.6 is 0 Å². The highest BCUT2D eigenvalue weighted by Gasteiger charge is 2.18. The molecular formula is C27H22N6O4. The van der Waals surface area contributed by atoms with Crippen molar-refractivity contribution >= 4 is 11.7 Å². The van der Waals surface area contributed by atoms with Crippen LogP contribution in [0.4, 0.5) is 10.5 Å². The second kappa shape index (κ2) is 9.86. The summed E-state index contributed by atoms with van der Waals surface area (Å²) in [6.45, 7) is 1.26. The highest BCUT2D eigenvalue weighted by atomic mass is 16.7. The van der Waals surface area contributed by atoms with Gasteiger partial charge in [-0.25, -0.2) is 9.78 Å². The zero-order valence-corrected chi connectivity index (χ0v) is 19.6. The van der Waals surface area contributed by atoms with E-state index in [0.717, 1.165) is 16.7 Å². The fraction of sp³-hybridized carbons (Fsp3) is 0.111. The number of carbonyl (C=O) groups is 1. The molecule has 0 unspecified atom stereocenters. The molecule has 0 spiro atoms. The molecule has 0 bridgehead atoms. The predicted octanol–water partition coefficient (Wildman–Crippen LogP) is 4.70. The molecule has 10 nitrogen and oxygen atoms in total. The first-order valence-corrected chi connectivity index (χ1v) is 11.6. The molecule has 184 valence electrons. The van der Waals surface area contributed by atoms with Crippen molar-refractivity contribution < 1.29 is 18.8 Å². The van der Waals surface area contributed by atoms with E-state index in [2.05, 4.69) is 25.8 Å². The minimum Gasteiger partial charge on any atom is -0.454 e. The number of anilines is 1. The minimum absolute atomic E-state index is 0.205. The summed E-state index contributed by atoms with van der Waals surface area (Å²) in [4.78, 5) is 21.1.